The Bertz CT molecular complexity index is 1110. The number of rotatable bonds is 9. The average Bonchev–Trinajstić information content (AvgIpc) is 2.89. The van der Waals surface area contributed by atoms with E-state index >= 15 is 0 Å². The van der Waals surface area contributed by atoms with E-state index in [0.29, 0.717) is 35.6 Å². The maximum absolute atomic E-state index is 12.3. The molecule has 1 aliphatic heterocycles. The fraction of sp³-hybridized carbons (Fsp3) is 0.345. The molecule has 0 saturated carbocycles. The van der Waals surface area contributed by atoms with E-state index in [9.17, 15) is 9.90 Å². The van der Waals surface area contributed by atoms with E-state index in [-0.39, 0.29) is 17.3 Å². The van der Waals surface area contributed by atoms with Crippen molar-refractivity contribution in [1.29, 1.82) is 0 Å². The third-order valence-electron chi connectivity index (χ3n) is 6.62. The van der Waals surface area contributed by atoms with Crippen LogP contribution >= 0.6 is 23.4 Å². The molecule has 0 aliphatic carbocycles. The highest BCUT2D eigenvalue weighted by atomic mass is 35.5. The predicted octanol–water partition coefficient (Wildman–Crippen LogP) is 6.63. The Morgan fingerprint density at radius 1 is 0.971 bits per heavy atom. The van der Waals surface area contributed by atoms with E-state index in [1.807, 2.05) is 60.7 Å². The number of hydrogen-bond acceptors (Lipinski definition) is 5. The van der Waals surface area contributed by atoms with Crippen LogP contribution in [0.2, 0.25) is 5.02 Å². The molecule has 1 unspecified atom stereocenters. The van der Waals surface area contributed by atoms with E-state index in [0.717, 1.165) is 17.5 Å². The number of aldehydes is 1. The summed E-state index contributed by atoms with van der Waals surface area (Å²) in [5.41, 5.74) is 3.00. The summed E-state index contributed by atoms with van der Waals surface area (Å²) < 4.78 is 13.0. The molecule has 1 heterocycles. The summed E-state index contributed by atoms with van der Waals surface area (Å²) in [6, 6.07) is 25.0. The van der Waals surface area contributed by atoms with Crippen LogP contribution in [0.15, 0.2) is 78.9 Å². The van der Waals surface area contributed by atoms with Gasteiger partial charge >= 0.3 is 0 Å². The lowest BCUT2D eigenvalue weighted by Crippen LogP contribution is -2.56. The van der Waals surface area contributed by atoms with Crippen molar-refractivity contribution in [2.45, 2.75) is 55.9 Å². The molecule has 0 bridgehead atoms. The predicted molar refractivity (Wildman–Crippen MR) is 142 cm³/mol. The summed E-state index contributed by atoms with van der Waals surface area (Å²) in [5.74, 6) is 0.132. The number of aliphatic hydroxyl groups is 1. The minimum absolute atomic E-state index is 0.132. The molecule has 184 valence electrons. The number of thioether (sulfide) groups is 1. The highest BCUT2D eigenvalue weighted by Crippen LogP contribution is 2.52. The lowest BCUT2D eigenvalue weighted by molar-refractivity contribution is -0.168. The van der Waals surface area contributed by atoms with Gasteiger partial charge in [0.1, 0.15) is 6.10 Å². The Morgan fingerprint density at radius 2 is 1.57 bits per heavy atom. The molecule has 4 nitrogen and oxygen atoms in total. The van der Waals surface area contributed by atoms with Crippen molar-refractivity contribution in [2.75, 3.05) is 0 Å². The fourth-order valence-corrected chi connectivity index (χ4v) is 6.39. The van der Waals surface area contributed by atoms with Gasteiger partial charge in [0.15, 0.2) is 11.2 Å². The molecule has 0 aromatic heterocycles. The molecule has 1 fully saturated rings. The second kappa shape index (κ2) is 11.7. The number of carbonyl (C=O) groups excluding carboxylic acids is 1. The number of halogens is 1. The summed E-state index contributed by atoms with van der Waals surface area (Å²) in [7, 11) is 0. The molecule has 3 aromatic carbocycles. The molecule has 0 spiro atoms. The summed E-state index contributed by atoms with van der Waals surface area (Å²) >= 11 is 7.69. The first-order valence-electron chi connectivity index (χ1n) is 11.9. The van der Waals surface area contributed by atoms with Gasteiger partial charge in [-0.05, 0) is 41.2 Å². The summed E-state index contributed by atoms with van der Waals surface area (Å²) in [6.07, 6.45) is 0.533. The number of carbonyl (C=O) groups is 1. The zero-order chi connectivity index (χ0) is 24.8. The monoisotopic (exact) mass is 510 g/mol. The van der Waals surface area contributed by atoms with Crippen molar-refractivity contribution >= 4 is 29.6 Å². The van der Waals surface area contributed by atoms with Gasteiger partial charge in [0.2, 0.25) is 0 Å². The maximum Gasteiger partial charge on any atom is 0.165 e. The molecule has 0 radical (unpaired) electrons. The molecule has 6 heteroatoms. The third-order valence-corrected chi connectivity index (χ3v) is 8.85. The molecule has 5 atom stereocenters. The molecule has 4 rings (SSSR count). The van der Waals surface area contributed by atoms with Gasteiger partial charge in [-0.25, -0.2) is 0 Å². The Balaban J connectivity index is 1.72. The highest BCUT2D eigenvalue weighted by molar-refractivity contribution is 8.00. The lowest BCUT2D eigenvalue weighted by Gasteiger charge is -2.50. The van der Waals surface area contributed by atoms with Gasteiger partial charge in [-0.15, -0.1) is 11.8 Å². The van der Waals surface area contributed by atoms with Crippen LogP contribution in [-0.4, -0.2) is 28.9 Å². The smallest absolute Gasteiger partial charge is 0.165 e. The number of benzene rings is 3. The van der Waals surface area contributed by atoms with Crippen LogP contribution in [0.5, 0.6) is 0 Å². The van der Waals surface area contributed by atoms with Crippen molar-refractivity contribution in [3.8, 4) is 0 Å². The van der Waals surface area contributed by atoms with E-state index in [1.54, 1.807) is 18.2 Å². The fourth-order valence-electron chi connectivity index (χ4n) is 4.63. The largest absolute Gasteiger partial charge is 0.372 e. The first-order chi connectivity index (χ1) is 17.0. The Hall–Kier alpha value is -2.15. The van der Waals surface area contributed by atoms with Crippen LogP contribution in [0.3, 0.4) is 0 Å². The van der Waals surface area contributed by atoms with E-state index < -0.39 is 11.0 Å². The maximum atomic E-state index is 12.3. The van der Waals surface area contributed by atoms with Crippen molar-refractivity contribution in [3.63, 3.8) is 0 Å². The first kappa shape index (κ1) is 25.9. The van der Waals surface area contributed by atoms with Gasteiger partial charge in [0.25, 0.3) is 0 Å². The SMILES string of the molecule is CC[C@H]1SC(O)(c2ccc(Cl)c(C=O)c2)[C@H](OCc2ccccc2)[C@@H](OCc2ccccc2)[C@@H]1C. The molecular formula is C29H31ClO4S. The van der Waals surface area contributed by atoms with Crippen LogP contribution < -0.4 is 0 Å². The van der Waals surface area contributed by atoms with E-state index in [4.69, 9.17) is 21.1 Å². The van der Waals surface area contributed by atoms with E-state index in [2.05, 4.69) is 13.8 Å². The van der Waals surface area contributed by atoms with Gasteiger partial charge in [-0.2, -0.15) is 0 Å². The summed E-state index contributed by atoms with van der Waals surface area (Å²) in [5, 5.41) is 12.8. The van der Waals surface area contributed by atoms with Gasteiger partial charge in [0.05, 0.1) is 24.3 Å². The van der Waals surface area contributed by atoms with Crippen molar-refractivity contribution in [2.24, 2.45) is 5.92 Å². The summed E-state index contributed by atoms with van der Waals surface area (Å²) in [4.78, 5) is 10.2. The zero-order valence-corrected chi connectivity index (χ0v) is 21.5. The Labute approximate surface area is 216 Å². The van der Waals surface area contributed by atoms with Crippen LogP contribution in [0, 0.1) is 5.92 Å². The van der Waals surface area contributed by atoms with Crippen molar-refractivity contribution in [1.82, 2.24) is 0 Å². The highest BCUT2D eigenvalue weighted by Gasteiger charge is 2.54. The van der Waals surface area contributed by atoms with Gasteiger partial charge < -0.3 is 14.6 Å². The normalized spacial score (nSPS) is 26.4. The van der Waals surface area contributed by atoms with Crippen LogP contribution in [0.4, 0.5) is 0 Å². The van der Waals surface area contributed by atoms with Crippen molar-refractivity contribution < 1.29 is 19.4 Å². The molecule has 3 aromatic rings. The zero-order valence-electron chi connectivity index (χ0n) is 20.0. The molecule has 1 aliphatic rings. The van der Waals surface area contributed by atoms with Crippen LogP contribution in [-0.2, 0) is 27.6 Å². The second-order valence-corrected chi connectivity index (χ2v) is 10.8. The standard InChI is InChI=1S/C29H31ClO4S/c1-3-26-20(2)27(33-18-21-10-6-4-7-11-21)28(34-19-22-12-8-5-9-13-22)29(32,35-26)24-14-15-25(30)23(16-24)17-31/h4-17,20,26-28,32H,3,18-19H2,1-2H3/t20-,26-,27+,28-,29?/m1/s1. The molecule has 35 heavy (non-hydrogen) atoms. The summed E-state index contributed by atoms with van der Waals surface area (Å²) in [6.45, 7) is 5.02. The number of ether oxygens (including phenoxy) is 2. The minimum Gasteiger partial charge on any atom is -0.372 e. The quantitative estimate of drug-likeness (QED) is 0.327. The Morgan fingerprint density at radius 3 is 2.14 bits per heavy atom. The van der Waals surface area contributed by atoms with E-state index in [1.165, 1.54) is 11.8 Å². The minimum atomic E-state index is -1.42. The Kier molecular flexibility index (Phi) is 8.68. The van der Waals surface area contributed by atoms with Crippen LogP contribution in [0.1, 0.15) is 47.3 Å². The molecule has 0 amide bonds. The lowest BCUT2D eigenvalue weighted by atomic mass is 9.87. The number of hydrogen-bond donors (Lipinski definition) is 1. The van der Waals surface area contributed by atoms with Gasteiger partial charge in [-0.3, -0.25) is 4.79 Å². The molecular weight excluding hydrogens is 480 g/mol. The molecule has 1 N–H and O–H groups in total. The average molecular weight is 511 g/mol. The first-order valence-corrected chi connectivity index (χ1v) is 13.2. The third kappa shape index (κ3) is 5.82. The van der Waals surface area contributed by atoms with Crippen LogP contribution in [0.25, 0.3) is 0 Å². The van der Waals surface area contributed by atoms with Crippen molar-refractivity contribution in [3.05, 3.63) is 106 Å². The van der Waals surface area contributed by atoms with Gasteiger partial charge in [0, 0.05) is 10.8 Å². The molecule has 1 saturated heterocycles. The topological polar surface area (TPSA) is 55.8 Å². The second-order valence-electron chi connectivity index (χ2n) is 8.95. The van der Waals surface area contributed by atoms with Gasteiger partial charge in [-0.1, -0.05) is 92.2 Å².